The van der Waals surface area contributed by atoms with E-state index in [0.717, 1.165) is 0 Å². The lowest BCUT2D eigenvalue weighted by Gasteiger charge is -2.21. The van der Waals surface area contributed by atoms with Gasteiger partial charge >= 0.3 is 0 Å². The van der Waals surface area contributed by atoms with Gasteiger partial charge in [-0.05, 0) is 14.0 Å². The Bertz CT molecular complexity index is 299. The Hall–Kier alpha value is -1.14. The van der Waals surface area contributed by atoms with Gasteiger partial charge in [-0.15, -0.1) is 0 Å². The van der Waals surface area contributed by atoms with Crippen molar-refractivity contribution >= 4 is 11.7 Å². The number of ether oxygens (including phenoxy) is 2. The molecule has 0 aromatic carbocycles. The standard InChI is InChI=1S/C10H22N4O6/c1-8(15)3-19-6-12-5-13-9(16)4-20-7-14-10(17,18)11-2/h11-12,14,17-18H,3-7H2,1-2H3,(H,13,16). The van der Waals surface area contributed by atoms with Crippen LogP contribution in [0.2, 0.25) is 0 Å². The van der Waals surface area contributed by atoms with Crippen molar-refractivity contribution in [2.75, 3.05) is 40.4 Å². The third-order valence-corrected chi connectivity index (χ3v) is 1.92. The van der Waals surface area contributed by atoms with Crippen LogP contribution in [0.1, 0.15) is 6.92 Å². The fourth-order valence-electron chi connectivity index (χ4n) is 0.914. The molecule has 10 heteroatoms. The molecule has 0 rings (SSSR count). The zero-order valence-corrected chi connectivity index (χ0v) is 11.6. The molecule has 0 spiro atoms. The summed E-state index contributed by atoms with van der Waals surface area (Å²) < 4.78 is 9.77. The molecule has 0 radical (unpaired) electrons. The normalized spacial score (nSPS) is 11.4. The molecule has 0 heterocycles. The maximum atomic E-state index is 11.2. The number of carbonyl (C=O) groups is 2. The molecule has 0 aromatic heterocycles. The van der Waals surface area contributed by atoms with Crippen molar-refractivity contribution in [2.45, 2.75) is 13.0 Å². The molecule has 0 saturated carbocycles. The van der Waals surface area contributed by atoms with Crippen LogP contribution in [-0.4, -0.2) is 68.3 Å². The van der Waals surface area contributed by atoms with E-state index in [2.05, 4.69) is 21.3 Å². The average Bonchev–Trinajstić information content (AvgIpc) is 2.38. The van der Waals surface area contributed by atoms with E-state index in [1.54, 1.807) is 0 Å². The molecule has 0 unspecified atom stereocenters. The smallest absolute Gasteiger partial charge is 0.288 e. The van der Waals surface area contributed by atoms with Crippen LogP contribution >= 0.6 is 0 Å². The van der Waals surface area contributed by atoms with E-state index in [1.165, 1.54) is 14.0 Å². The van der Waals surface area contributed by atoms with Crippen LogP contribution in [0, 0.1) is 0 Å². The predicted molar refractivity (Wildman–Crippen MR) is 67.8 cm³/mol. The summed E-state index contributed by atoms with van der Waals surface area (Å²) >= 11 is 0. The van der Waals surface area contributed by atoms with Gasteiger partial charge < -0.3 is 25.0 Å². The summed E-state index contributed by atoms with van der Waals surface area (Å²) in [6.07, 6.45) is 0. The van der Waals surface area contributed by atoms with Crippen molar-refractivity contribution in [1.82, 2.24) is 21.3 Å². The molecule has 1 amide bonds. The van der Waals surface area contributed by atoms with Crippen molar-refractivity contribution < 1.29 is 29.3 Å². The maximum absolute atomic E-state index is 11.2. The van der Waals surface area contributed by atoms with Crippen molar-refractivity contribution in [3.05, 3.63) is 0 Å². The summed E-state index contributed by atoms with van der Waals surface area (Å²) in [6, 6.07) is -2.24. The highest BCUT2D eigenvalue weighted by molar-refractivity contribution is 5.77. The molecule has 10 nitrogen and oxygen atoms in total. The Balaban J connectivity index is 3.40. The largest absolute Gasteiger partial charge is 0.359 e. The fourth-order valence-corrected chi connectivity index (χ4v) is 0.914. The summed E-state index contributed by atoms with van der Waals surface area (Å²) in [5.74, 6) is -0.473. The van der Waals surface area contributed by atoms with Crippen LogP contribution < -0.4 is 21.3 Å². The third-order valence-electron chi connectivity index (χ3n) is 1.92. The van der Waals surface area contributed by atoms with Crippen molar-refractivity contribution in [2.24, 2.45) is 0 Å². The lowest BCUT2D eigenvalue weighted by molar-refractivity contribution is -0.215. The molecule has 118 valence electrons. The first-order valence-corrected chi connectivity index (χ1v) is 5.88. The Morgan fingerprint density at radius 1 is 1.15 bits per heavy atom. The summed E-state index contributed by atoms with van der Waals surface area (Å²) in [6.45, 7) is 1.26. The summed E-state index contributed by atoms with van der Waals surface area (Å²) in [4.78, 5) is 21.8. The van der Waals surface area contributed by atoms with E-state index < -0.39 is 11.9 Å². The lowest BCUT2D eigenvalue weighted by Crippen LogP contribution is -2.56. The van der Waals surface area contributed by atoms with Crippen molar-refractivity contribution in [1.29, 1.82) is 0 Å². The van der Waals surface area contributed by atoms with E-state index in [4.69, 9.17) is 19.7 Å². The van der Waals surface area contributed by atoms with Crippen LogP contribution in [0.4, 0.5) is 0 Å². The van der Waals surface area contributed by atoms with E-state index in [0.29, 0.717) is 0 Å². The van der Waals surface area contributed by atoms with E-state index >= 15 is 0 Å². The van der Waals surface area contributed by atoms with E-state index in [-0.39, 0.29) is 39.1 Å². The number of hydrogen-bond acceptors (Lipinski definition) is 9. The van der Waals surface area contributed by atoms with Crippen LogP contribution in [-0.2, 0) is 19.1 Å². The van der Waals surface area contributed by atoms with Gasteiger partial charge in [-0.2, -0.15) is 0 Å². The third kappa shape index (κ3) is 11.9. The zero-order chi connectivity index (χ0) is 15.4. The first-order chi connectivity index (χ1) is 9.37. The van der Waals surface area contributed by atoms with Gasteiger partial charge in [0.05, 0.1) is 13.4 Å². The minimum absolute atomic E-state index is 0.0191. The Morgan fingerprint density at radius 3 is 2.40 bits per heavy atom. The number of amides is 1. The molecule has 0 aliphatic rings. The second kappa shape index (κ2) is 10.6. The minimum atomic E-state index is -2.24. The number of ketones is 1. The van der Waals surface area contributed by atoms with Gasteiger partial charge in [-0.3, -0.25) is 20.2 Å². The Morgan fingerprint density at radius 2 is 1.80 bits per heavy atom. The van der Waals surface area contributed by atoms with Gasteiger partial charge in [0.15, 0.2) is 5.78 Å². The number of nitrogens with one attached hydrogen (secondary N) is 4. The number of carbonyl (C=O) groups excluding carboxylic acids is 2. The SMILES string of the molecule is CNC(O)(O)NCOCC(=O)NCNCOCC(C)=O. The molecule has 0 saturated heterocycles. The molecule has 0 aliphatic carbocycles. The number of aliphatic hydroxyl groups is 2. The quantitative estimate of drug-likeness (QED) is 0.160. The topological polar surface area (TPSA) is 141 Å². The average molecular weight is 294 g/mol. The second-order valence-electron chi connectivity index (χ2n) is 3.81. The molecular weight excluding hydrogens is 272 g/mol. The molecule has 0 fully saturated rings. The van der Waals surface area contributed by atoms with Crippen LogP contribution in [0.3, 0.4) is 0 Å². The highest BCUT2D eigenvalue weighted by Gasteiger charge is 2.18. The van der Waals surface area contributed by atoms with E-state index in [9.17, 15) is 9.59 Å². The lowest BCUT2D eigenvalue weighted by atomic mass is 10.5. The fraction of sp³-hybridized carbons (Fsp3) is 0.800. The van der Waals surface area contributed by atoms with Gasteiger partial charge in [-0.25, -0.2) is 5.32 Å². The summed E-state index contributed by atoms with van der Waals surface area (Å²) in [5.41, 5.74) is 0. The molecule has 20 heavy (non-hydrogen) atoms. The highest BCUT2D eigenvalue weighted by Crippen LogP contribution is 1.84. The van der Waals surface area contributed by atoms with Gasteiger partial charge in [0.25, 0.3) is 6.03 Å². The van der Waals surface area contributed by atoms with E-state index in [1.807, 2.05) is 0 Å². The first-order valence-electron chi connectivity index (χ1n) is 5.88. The van der Waals surface area contributed by atoms with Crippen LogP contribution in [0.15, 0.2) is 0 Å². The number of rotatable bonds is 12. The van der Waals surface area contributed by atoms with Crippen LogP contribution in [0.5, 0.6) is 0 Å². The zero-order valence-electron chi connectivity index (χ0n) is 11.6. The molecule has 0 bridgehead atoms. The molecule has 6 N–H and O–H groups in total. The van der Waals surface area contributed by atoms with Gasteiger partial charge in [0.1, 0.15) is 19.9 Å². The number of hydrogen-bond donors (Lipinski definition) is 6. The molecule has 0 aliphatic heterocycles. The summed E-state index contributed by atoms with van der Waals surface area (Å²) in [7, 11) is 1.33. The van der Waals surface area contributed by atoms with Gasteiger partial charge in [0.2, 0.25) is 5.91 Å². The number of Topliss-reactive ketones (excluding diaryl/α,β-unsaturated/α-hetero) is 1. The molecular formula is C10H22N4O6. The first kappa shape index (κ1) is 18.9. The van der Waals surface area contributed by atoms with Crippen molar-refractivity contribution in [3.8, 4) is 0 Å². The van der Waals surface area contributed by atoms with Crippen molar-refractivity contribution in [3.63, 3.8) is 0 Å². The highest BCUT2D eigenvalue weighted by atomic mass is 16.6. The van der Waals surface area contributed by atoms with Gasteiger partial charge in [-0.1, -0.05) is 0 Å². The monoisotopic (exact) mass is 294 g/mol. The second-order valence-corrected chi connectivity index (χ2v) is 3.81. The van der Waals surface area contributed by atoms with Crippen LogP contribution in [0.25, 0.3) is 0 Å². The van der Waals surface area contributed by atoms with Gasteiger partial charge in [0, 0.05) is 0 Å². The molecule has 0 atom stereocenters. The molecule has 0 aromatic rings. The Labute approximate surface area is 116 Å². The predicted octanol–water partition coefficient (Wildman–Crippen LogP) is -3.41. The maximum Gasteiger partial charge on any atom is 0.288 e. The Kier molecular flexibility index (Phi) is 10.0. The summed E-state index contributed by atoms with van der Waals surface area (Å²) in [5, 5.41) is 27.7. The minimum Gasteiger partial charge on any atom is -0.359 e.